The maximum Gasteiger partial charge on any atom is 0.335 e. The van der Waals surface area contributed by atoms with E-state index >= 15 is 0 Å². The molecule has 0 spiro atoms. The Morgan fingerprint density at radius 2 is 1.83 bits per heavy atom. The number of nitrogens with zero attached hydrogens (tertiary/aromatic N) is 4. The zero-order chi connectivity index (χ0) is 24.5. The first kappa shape index (κ1) is 22.8. The van der Waals surface area contributed by atoms with Gasteiger partial charge >= 0.3 is 5.97 Å². The van der Waals surface area contributed by atoms with Crippen molar-refractivity contribution in [2.45, 2.75) is 6.10 Å². The van der Waals surface area contributed by atoms with Gasteiger partial charge < -0.3 is 25.0 Å². The van der Waals surface area contributed by atoms with Gasteiger partial charge in [-0.1, -0.05) is 23.7 Å². The van der Waals surface area contributed by atoms with Crippen molar-refractivity contribution in [2.24, 2.45) is 0 Å². The zero-order valence-corrected chi connectivity index (χ0v) is 19.3. The van der Waals surface area contributed by atoms with Crippen LogP contribution in [-0.4, -0.2) is 68.1 Å². The smallest absolute Gasteiger partial charge is 0.335 e. The second-order valence-electron chi connectivity index (χ2n) is 8.30. The maximum absolute atomic E-state index is 12.8. The molecule has 1 fully saturated rings. The number of benzene rings is 2. The summed E-state index contributed by atoms with van der Waals surface area (Å²) in [5.41, 5.74) is 2.82. The molecule has 1 atom stereocenters. The normalized spacial score (nSPS) is 14.8. The van der Waals surface area contributed by atoms with E-state index in [1.807, 2.05) is 24.3 Å². The molecule has 2 aromatic carbocycles. The third-order valence-electron chi connectivity index (χ3n) is 6.06. The lowest BCUT2D eigenvalue weighted by Gasteiger charge is -2.36. The van der Waals surface area contributed by atoms with Crippen molar-refractivity contribution in [1.82, 2.24) is 19.9 Å². The largest absolute Gasteiger partial charge is 0.478 e. The minimum Gasteiger partial charge on any atom is -0.478 e. The molecule has 35 heavy (non-hydrogen) atoms. The number of H-pyrrole nitrogens is 1. The number of halogens is 1. The highest BCUT2D eigenvalue weighted by atomic mass is 35.5. The van der Waals surface area contributed by atoms with E-state index < -0.39 is 18.0 Å². The number of pyridine rings is 1. The molecule has 0 radical (unpaired) electrons. The van der Waals surface area contributed by atoms with Crippen LogP contribution in [0.25, 0.3) is 22.4 Å². The Bertz CT molecular complexity index is 1400. The Hall–Kier alpha value is -3.95. The summed E-state index contributed by atoms with van der Waals surface area (Å²) in [4.78, 5) is 40.0. The molecule has 1 unspecified atom stereocenters. The minimum absolute atomic E-state index is 0.0279. The quantitative estimate of drug-likeness (QED) is 0.391. The van der Waals surface area contributed by atoms with Crippen LogP contribution in [-0.2, 0) is 4.79 Å². The molecular weight excluding hydrogens is 470 g/mol. The first-order valence-electron chi connectivity index (χ1n) is 11.1. The zero-order valence-electron chi connectivity index (χ0n) is 18.6. The van der Waals surface area contributed by atoms with Crippen molar-refractivity contribution in [3.63, 3.8) is 0 Å². The summed E-state index contributed by atoms with van der Waals surface area (Å²) < 4.78 is 0. The number of piperazine rings is 1. The van der Waals surface area contributed by atoms with Crippen molar-refractivity contribution in [3.05, 3.63) is 76.9 Å². The summed E-state index contributed by atoms with van der Waals surface area (Å²) in [6.45, 7) is 1.96. The van der Waals surface area contributed by atoms with E-state index in [4.69, 9.17) is 16.7 Å². The van der Waals surface area contributed by atoms with Crippen molar-refractivity contribution in [3.8, 4) is 11.4 Å². The van der Waals surface area contributed by atoms with Crippen LogP contribution in [0.5, 0.6) is 0 Å². The Morgan fingerprint density at radius 3 is 2.54 bits per heavy atom. The Morgan fingerprint density at radius 1 is 1.03 bits per heavy atom. The molecule has 4 aromatic rings. The average Bonchev–Trinajstić information content (AvgIpc) is 3.31. The van der Waals surface area contributed by atoms with Gasteiger partial charge in [-0.15, -0.1) is 0 Å². The number of carbonyl (C=O) groups is 2. The predicted molar refractivity (Wildman–Crippen MR) is 131 cm³/mol. The number of anilines is 1. The number of hydrogen-bond acceptors (Lipinski definition) is 6. The van der Waals surface area contributed by atoms with Crippen molar-refractivity contribution < 1.29 is 19.8 Å². The fourth-order valence-electron chi connectivity index (χ4n) is 4.14. The molecular formula is C25H22ClN5O4. The summed E-state index contributed by atoms with van der Waals surface area (Å²) in [5, 5.41) is 20.3. The number of nitrogens with one attached hydrogen (secondary N) is 1. The van der Waals surface area contributed by atoms with Crippen molar-refractivity contribution in [1.29, 1.82) is 0 Å². The van der Waals surface area contributed by atoms with E-state index in [-0.39, 0.29) is 11.1 Å². The van der Waals surface area contributed by atoms with E-state index in [0.717, 1.165) is 22.4 Å². The number of aromatic carboxylic acids is 1. The van der Waals surface area contributed by atoms with Crippen LogP contribution in [0.1, 0.15) is 22.0 Å². The summed E-state index contributed by atoms with van der Waals surface area (Å²) in [6.07, 6.45) is 0.350. The number of carboxylic acid groups (broad SMARTS) is 1. The van der Waals surface area contributed by atoms with Crippen LogP contribution in [0.3, 0.4) is 0 Å². The monoisotopic (exact) mass is 491 g/mol. The van der Waals surface area contributed by atoms with Crippen LogP contribution < -0.4 is 4.90 Å². The number of imidazole rings is 1. The second-order valence-corrected chi connectivity index (χ2v) is 8.73. The Labute approximate surface area is 205 Å². The number of aromatic nitrogens is 3. The first-order valence-corrected chi connectivity index (χ1v) is 11.4. The highest BCUT2D eigenvalue weighted by molar-refractivity contribution is 6.31. The number of fused-ring (bicyclic) bond motifs is 1. The lowest BCUT2D eigenvalue weighted by atomic mass is 10.0. The van der Waals surface area contributed by atoms with E-state index in [1.54, 1.807) is 23.2 Å². The highest BCUT2D eigenvalue weighted by Gasteiger charge is 2.28. The van der Waals surface area contributed by atoms with Gasteiger partial charge in [-0.25, -0.2) is 14.8 Å². The molecule has 0 saturated carbocycles. The van der Waals surface area contributed by atoms with E-state index in [9.17, 15) is 14.7 Å². The topological polar surface area (TPSA) is 123 Å². The van der Waals surface area contributed by atoms with Gasteiger partial charge in [0.25, 0.3) is 5.91 Å². The third kappa shape index (κ3) is 4.68. The van der Waals surface area contributed by atoms with Gasteiger partial charge in [-0.2, -0.15) is 0 Å². The number of aliphatic hydroxyl groups is 1. The number of amides is 1. The maximum atomic E-state index is 12.8. The van der Waals surface area contributed by atoms with Gasteiger partial charge in [0.2, 0.25) is 0 Å². The van der Waals surface area contributed by atoms with Crippen LogP contribution in [0.15, 0.2) is 60.8 Å². The molecule has 1 saturated heterocycles. The van der Waals surface area contributed by atoms with E-state index in [0.29, 0.717) is 37.0 Å². The summed E-state index contributed by atoms with van der Waals surface area (Å²) >= 11 is 6.05. The molecule has 1 aliphatic heterocycles. The SMILES string of the molecule is O=C(O)c1cccc(C(O)C(=O)N2CCN(c3ccc(-c4nc5ccc(Cl)cc5[nH]4)cn3)CC2)c1. The summed E-state index contributed by atoms with van der Waals surface area (Å²) in [5.74, 6) is -0.0590. The highest BCUT2D eigenvalue weighted by Crippen LogP contribution is 2.25. The molecule has 0 aliphatic carbocycles. The fourth-order valence-corrected chi connectivity index (χ4v) is 4.32. The third-order valence-corrected chi connectivity index (χ3v) is 6.30. The Balaban J connectivity index is 1.22. The summed E-state index contributed by atoms with van der Waals surface area (Å²) in [7, 11) is 0. The molecule has 1 aliphatic rings. The molecule has 10 heteroatoms. The van der Waals surface area contributed by atoms with Gasteiger partial charge in [0.15, 0.2) is 6.10 Å². The van der Waals surface area contributed by atoms with Gasteiger partial charge in [0.05, 0.1) is 16.6 Å². The van der Waals surface area contributed by atoms with Crippen molar-refractivity contribution in [2.75, 3.05) is 31.1 Å². The van der Waals surface area contributed by atoms with Crippen LogP contribution in [0, 0.1) is 0 Å². The molecule has 3 N–H and O–H groups in total. The van der Waals surface area contributed by atoms with Gasteiger partial charge in [0, 0.05) is 43.0 Å². The first-order chi connectivity index (χ1) is 16.9. The molecule has 0 bridgehead atoms. The average molecular weight is 492 g/mol. The van der Waals surface area contributed by atoms with Gasteiger partial charge in [-0.3, -0.25) is 4.79 Å². The number of aromatic amines is 1. The lowest BCUT2D eigenvalue weighted by molar-refractivity contribution is -0.140. The molecule has 1 amide bonds. The fraction of sp³-hybridized carbons (Fsp3) is 0.200. The van der Waals surface area contributed by atoms with Crippen LogP contribution in [0.4, 0.5) is 5.82 Å². The standard InChI is InChI=1S/C25H22ClN5O4/c26-18-5-6-19-20(13-18)29-23(28-19)17-4-7-21(27-14-17)30-8-10-31(11-9-30)24(33)22(32)15-2-1-3-16(12-15)25(34)35/h1-7,12-14,22,32H,8-11H2,(H,28,29)(H,34,35). The van der Waals surface area contributed by atoms with Crippen LogP contribution in [0.2, 0.25) is 5.02 Å². The number of hydrogen-bond donors (Lipinski definition) is 3. The minimum atomic E-state index is -1.41. The number of rotatable bonds is 5. The second kappa shape index (κ2) is 9.36. The molecule has 9 nitrogen and oxygen atoms in total. The summed E-state index contributed by atoms with van der Waals surface area (Å²) in [6, 6.07) is 15.2. The molecule has 178 valence electrons. The molecule has 5 rings (SSSR count). The van der Waals surface area contributed by atoms with Gasteiger partial charge in [-0.05, 0) is 48.0 Å². The Kier molecular flexibility index (Phi) is 6.10. The predicted octanol–water partition coefficient (Wildman–Crippen LogP) is 3.36. The van der Waals surface area contributed by atoms with E-state index in [1.165, 1.54) is 18.2 Å². The van der Waals surface area contributed by atoms with E-state index in [2.05, 4.69) is 19.9 Å². The molecule has 3 heterocycles. The number of carbonyl (C=O) groups excluding carboxylic acids is 1. The van der Waals surface area contributed by atoms with Crippen LogP contribution >= 0.6 is 11.6 Å². The van der Waals surface area contributed by atoms with Crippen molar-refractivity contribution >= 4 is 40.3 Å². The number of aliphatic hydroxyl groups excluding tert-OH is 1. The molecule has 2 aromatic heterocycles. The number of carboxylic acids is 1. The van der Waals surface area contributed by atoms with Gasteiger partial charge in [0.1, 0.15) is 11.6 Å². The lowest BCUT2D eigenvalue weighted by Crippen LogP contribution is -2.50.